The van der Waals surface area contributed by atoms with Gasteiger partial charge in [-0.1, -0.05) is 11.6 Å². The number of fused-ring (bicyclic) bond motifs is 1. The fraction of sp³-hybridized carbons (Fsp3) is 0.286. The van der Waals surface area contributed by atoms with Crippen molar-refractivity contribution >= 4 is 34.4 Å². The molecular formula is C14H13Cl2FN4. The van der Waals surface area contributed by atoms with Crippen molar-refractivity contribution in [2.45, 2.75) is 19.2 Å². The third kappa shape index (κ3) is 2.21. The molecule has 2 heterocycles. The fourth-order valence-electron chi connectivity index (χ4n) is 2.46. The first-order valence-electron chi connectivity index (χ1n) is 6.41. The molecule has 0 bridgehead atoms. The average molecular weight is 327 g/mol. The van der Waals surface area contributed by atoms with E-state index in [1.807, 2.05) is 6.92 Å². The Morgan fingerprint density at radius 3 is 2.67 bits per heavy atom. The first-order valence-corrected chi connectivity index (χ1v) is 7.23. The van der Waals surface area contributed by atoms with Crippen molar-refractivity contribution in [2.75, 3.05) is 0 Å². The van der Waals surface area contributed by atoms with Gasteiger partial charge in [0.05, 0.1) is 16.8 Å². The van der Waals surface area contributed by atoms with Crippen LogP contribution in [0, 0.1) is 12.7 Å². The van der Waals surface area contributed by atoms with E-state index in [4.69, 9.17) is 23.2 Å². The van der Waals surface area contributed by atoms with E-state index in [0.29, 0.717) is 27.7 Å². The molecule has 0 saturated heterocycles. The maximum atomic E-state index is 14.3. The van der Waals surface area contributed by atoms with Crippen molar-refractivity contribution in [1.82, 2.24) is 19.3 Å². The molecule has 110 valence electrons. The summed E-state index contributed by atoms with van der Waals surface area (Å²) in [6.07, 6.45) is 0. The molecule has 2 aromatic heterocycles. The predicted molar refractivity (Wildman–Crippen MR) is 81.8 cm³/mol. The number of nitrogens with zero attached hydrogens (tertiary/aromatic N) is 4. The van der Waals surface area contributed by atoms with E-state index >= 15 is 0 Å². The Kier molecular flexibility index (Phi) is 3.42. The van der Waals surface area contributed by atoms with Gasteiger partial charge in [-0.3, -0.25) is 4.57 Å². The first kappa shape index (κ1) is 14.4. The van der Waals surface area contributed by atoms with Crippen LogP contribution in [0.3, 0.4) is 0 Å². The zero-order chi connectivity index (χ0) is 15.3. The van der Waals surface area contributed by atoms with Crippen LogP contribution < -0.4 is 0 Å². The highest BCUT2D eigenvalue weighted by molar-refractivity contribution is 6.30. The zero-order valence-corrected chi connectivity index (χ0v) is 13.2. The van der Waals surface area contributed by atoms with Gasteiger partial charge >= 0.3 is 0 Å². The summed E-state index contributed by atoms with van der Waals surface area (Å²) >= 11 is 12.0. The van der Waals surface area contributed by atoms with Crippen LogP contribution in [0.25, 0.3) is 16.9 Å². The molecule has 1 unspecified atom stereocenters. The van der Waals surface area contributed by atoms with E-state index in [9.17, 15) is 4.39 Å². The highest BCUT2D eigenvalue weighted by Crippen LogP contribution is 2.31. The molecule has 0 saturated carbocycles. The zero-order valence-electron chi connectivity index (χ0n) is 11.7. The quantitative estimate of drug-likeness (QED) is 0.663. The summed E-state index contributed by atoms with van der Waals surface area (Å²) in [6.45, 7) is 3.66. The smallest absolute Gasteiger partial charge is 0.163 e. The van der Waals surface area contributed by atoms with Gasteiger partial charge in [-0.25, -0.2) is 14.1 Å². The number of hydrogen-bond acceptors (Lipinski definition) is 2. The number of alkyl halides is 1. The lowest BCUT2D eigenvalue weighted by Gasteiger charge is -2.12. The summed E-state index contributed by atoms with van der Waals surface area (Å²) in [4.78, 5) is 4.52. The van der Waals surface area contributed by atoms with Crippen molar-refractivity contribution in [3.8, 4) is 5.69 Å². The van der Waals surface area contributed by atoms with E-state index in [-0.39, 0.29) is 5.38 Å². The molecule has 1 atom stereocenters. The van der Waals surface area contributed by atoms with Crippen molar-refractivity contribution in [3.63, 3.8) is 0 Å². The number of rotatable bonds is 2. The summed E-state index contributed by atoms with van der Waals surface area (Å²) in [5.41, 5.74) is 2.55. The molecule has 0 aliphatic heterocycles. The van der Waals surface area contributed by atoms with Crippen molar-refractivity contribution in [1.29, 1.82) is 0 Å². The molecule has 21 heavy (non-hydrogen) atoms. The Morgan fingerprint density at radius 2 is 2.05 bits per heavy atom. The van der Waals surface area contributed by atoms with Gasteiger partial charge in [-0.2, -0.15) is 5.10 Å². The van der Waals surface area contributed by atoms with Gasteiger partial charge in [0, 0.05) is 12.1 Å². The van der Waals surface area contributed by atoms with E-state index in [0.717, 1.165) is 5.69 Å². The Labute approximate surface area is 131 Å². The number of benzene rings is 1. The third-order valence-electron chi connectivity index (χ3n) is 3.33. The molecule has 0 fully saturated rings. The maximum absolute atomic E-state index is 14.3. The predicted octanol–water partition coefficient (Wildman–Crippen LogP) is 4.16. The summed E-state index contributed by atoms with van der Waals surface area (Å²) in [6, 6.07) is 4.52. The Balaban J connectivity index is 2.41. The van der Waals surface area contributed by atoms with E-state index in [1.54, 1.807) is 35.4 Å². The summed E-state index contributed by atoms with van der Waals surface area (Å²) in [7, 11) is 1.80. The average Bonchev–Trinajstić information content (AvgIpc) is 2.90. The minimum absolute atomic E-state index is 0.342. The van der Waals surface area contributed by atoms with Gasteiger partial charge in [-0.15, -0.1) is 11.6 Å². The molecule has 0 aliphatic carbocycles. The normalized spacial score (nSPS) is 13.0. The highest BCUT2D eigenvalue weighted by atomic mass is 35.5. The fourth-order valence-corrected chi connectivity index (χ4v) is 2.76. The highest BCUT2D eigenvalue weighted by Gasteiger charge is 2.22. The number of aryl methyl sites for hydroxylation is 2. The van der Waals surface area contributed by atoms with Crippen molar-refractivity contribution in [3.05, 3.63) is 40.6 Å². The first-order chi connectivity index (χ1) is 9.90. The second kappa shape index (κ2) is 5.00. The van der Waals surface area contributed by atoms with Crippen LogP contribution in [-0.2, 0) is 7.05 Å². The van der Waals surface area contributed by atoms with Crippen LogP contribution in [0.4, 0.5) is 4.39 Å². The standard InChI is InChI=1S/C14H13Cl2FN4/c1-7(15)13-18-12-8(2)19-20(3)14(12)21(13)11-5-4-9(16)6-10(11)17/h4-7H,1-3H3. The molecule has 1 aromatic carbocycles. The minimum atomic E-state index is -0.431. The molecule has 4 nitrogen and oxygen atoms in total. The van der Waals surface area contributed by atoms with E-state index < -0.39 is 5.82 Å². The van der Waals surface area contributed by atoms with Crippen LogP contribution in [0.2, 0.25) is 5.02 Å². The van der Waals surface area contributed by atoms with Crippen LogP contribution in [0.15, 0.2) is 18.2 Å². The third-order valence-corrected chi connectivity index (χ3v) is 3.76. The number of halogens is 3. The lowest BCUT2D eigenvalue weighted by Crippen LogP contribution is -2.07. The molecule has 0 radical (unpaired) electrons. The summed E-state index contributed by atoms with van der Waals surface area (Å²) in [5.74, 6) is 0.142. The molecule has 3 aromatic rings. The molecule has 0 spiro atoms. The van der Waals surface area contributed by atoms with Crippen LogP contribution in [0.5, 0.6) is 0 Å². The SMILES string of the molecule is Cc1nn(C)c2c1nc(C(C)Cl)n2-c1ccc(Cl)cc1F. The number of aromatic nitrogens is 4. The van der Waals surface area contributed by atoms with Gasteiger partial charge < -0.3 is 0 Å². The topological polar surface area (TPSA) is 35.6 Å². The van der Waals surface area contributed by atoms with Gasteiger partial charge in [0.2, 0.25) is 0 Å². The van der Waals surface area contributed by atoms with E-state index in [1.165, 1.54) is 6.07 Å². The maximum Gasteiger partial charge on any atom is 0.163 e. The van der Waals surface area contributed by atoms with Gasteiger partial charge in [0.1, 0.15) is 17.2 Å². The number of imidazole rings is 1. The number of hydrogen-bond donors (Lipinski definition) is 0. The van der Waals surface area contributed by atoms with Gasteiger partial charge in [0.15, 0.2) is 5.65 Å². The molecule has 7 heteroatoms. The minimum Gasteiger partial charge on any atom is -0.277 e. The second-order valence-corrected chi connectivity index (χ2v) is 5.99. The van der Waals surface area contributed by atoms with Crippen LogP contribution in [-0.4, -0.2) is 19.3 Å². The molecule has 0 amide bonds. The van der Waals surface area contributed by atoms with Crippen LogP contribution >= 0.6 is 23.2 Å². The Morgan fingerprint density at radius 1 is 1.33 bits per heavy atom. The summed E-state index contributed by atoms with van der Waals surface area (Å²) < 4.78 is 17.7. The van der Waals surface area contributed by atoms with Gasteiger partial charge in [-0.05, 0) is 32.0 Å². The largest absolute Gasteiger partial charge is 0.277 e. The molecule has 3 rings (SSSR count). The molecule has 0 aliphatic rings. The lowest BCUT2D eigenvalue weighted by molar-refractivity contribution is 0.614. The second-order valence-electron chi connectivity index (χ2n) is 4.90. The van der Waals surface area contributed by atoms with Crippen molar-refractivity contribution < 1.29 is 4.39 Å². The summed E-state index contributed by atoms with van der Waals surface area (Å²) in [5, 5.41) is 4.30. The Bertz CT molecular complexity index is 835. The monoisotopic (exact) mass is 326 g/mol. The molecule has 0 N–H and O–H groups in total. The Hall–Kier alpha value is -1.59. The van der Waals surface area contributed by atoms with Crippen molar-refractivity contribution in [2.24, 2.45) is 7.05 Å². The van der Waals surface area contributed by atoms with Gasteiger partial charge in [0.25, 0.3) is 0 Å². The molecular weight excluding hydrogens is 314 g/mol. The van der Waals surface area contributed by atoms with Crippen LogP contribution in [0.1, 0.15) is 23.8 Å². The van der Waals surface area contributed by atoms with E-state index in [2.05, 4.69) is 10.1 Å². The lowest BCUT2D eigenvalue weighted by atomic mass is 10.3.